The lowest BCUT2D eigenvalue weighted by molar-refractivity contribution is 0.127. The summed E-state index contributed by atoms with van der Waals surface area (Å²) in [5.74, 6) is 4.12. The summed E-state index contributed by atoms with van der Waals surface area (Å²) in [4.78, 5) is 0. The Balaban J connectivity index is 4.74. The van der Waals surface area contributed by atoms with Crippen molar-refractivity contribution in [2.45, 2.75) is 60.8 Å². The van der Waals surface area contributed by atoms with Gasteiger partial charge < -0.3 is 0 Å². The van der Waals surface area contributed by atoms with Gasteiger partial charge in [0.2, 0.25) is 0 Å². The maximum absolute atomic E-state index is 3.91. The van der Waals surface area contributed by atoms with E-state index >= 15 is 0 Å². The number of hydrogen-bond acceptors (Lipinski definition) is 0. The largest absolute Gasteiger partial charge is 0.103 e. The summed E-state index contributed by atoms with van der Waals surface area (Å²) < 4.78 is 0. The standard InChI is InChI=1S/C16H32/c1-8-11-15(10-3)16(12(4)5)14(7)13(6)9-2/h8,12-16H,1,9-11H2,2-7H3. The zero-order valence-electron chi connectivity index (χ0n) is 12.3. The predicted octanol–water partition coefficient (Wildman–Crippen LogP) is 5.54. The van der Waals surface area contributed by atoms with Crippen LogP contribution in [0.5, 0.6) is 0 Å². The highest BCUT2D eigenvalue weighted by Gasteiger charge is 2.30. The molecule has 0 amide bonds. The number of rotatable bonds is 8. The second-order valence-corrected chi connectivity index (χ2v) is 5.76. The van der Waals surface area contributed by atoms with Crippen LogP contribution in [0.1, 0.15) is 60.8 Å². The molecule has 0 bridgehead atoms. The summed E-state index contributed by atoms with van der Waals surface area (Å²) in [6.07, 6.45) is 5.87. The van der Waals surface area contributed by atoms with Gasteiger partial charge in [0.15, 0.2) is 0 Å². The Hall–Kier alpha value is -0.260. The highest BCUT2D eigenvalue weighted by atomic mass is 14.3. The van der Waals surface area contributed by atoms with Crippen molar-refractivity contribution in [1.82, 2.24) is 0 Å². The van der Waals surface area contributed by atoms with Crippen molar-refractivity contribution in [3.63, 3.8) is 0 Å². The maximum atomic E-state index is 3.91. The van der Waals surface area contributed by atoms with Crippen molar-refractivity contribution in [3.8, 4) is 0 Å². The van der Waals surface area contributed by atoms with Crippen LogP contribution in [0.15, 0.2) is 12.7 Å². The van der Waals surface area contributed by atoms with E-state index in [0.717, 1.165) is 29.6 Å². The molecule has 4 atom stereocenters. The first-order valence-electron chi connectivity index (χ1n) is 7.10. The molecule has 0 aromatic heterocycles. The molecule has 0 heterocycles. The monoisotopic (exact) mass is 224 g/mol. The van der Waals surface area contributed by atoms with E-state index in [1.807, 2.05) is 0 Å². The van der Waals surface area contributed by atoms with E-state index in [0.29, 0.717) is 0 Å². The Morgan fingerprint density at radius 1 is 1.00 bits per heavy atom. The topological polar surface area (TPSA) is 0 Å². The Labute approximate surface area is 104 Å². The van der Waals surface area contributed by atoms with Gasteiger partial charge >= 0.3 is 0 Å². The van der Waals surface area contributed by atoms with Crippen LogP contribution in [0, 0.1) is 29.6 Å². The molecule has 0 N–H and O–H groups in total. The smallest absolute Gasteiger partial charge is 0.0322 e. The Bertz CT molecular complexity index is 180. The molecule has 0 nitrogen and oxygen atoms in total. The van der Waals surface area contributed by atoms with Gasteiger partial charge in [-0.1, -0.05) is 60.5 Å². The molecule has 0 spiro atoms. The van der Waals surface area contributed by atoms with E-state index in [1.54, 1.807) is 0 Å². The SMILES string of the molecule is C=CCC(CC)C(C(C)C)C(C)C(C)CC. The van der Waals surface area contributed by atoms with E-state index in [1.165, 1.54) is 19.3 Å². The van der Waals surface area contributed by atoms with E-state index < -0.39 is 0 Å². The molecule has 0 fully saturated rings. The van der Waals surface area contributed by atoms with Crippen LogP contribution in [0.25, 0.3) is 0 Å². The number of hydrogen-bond donors (Lipinski definition) is 0. The lowest BCUT2D eigenvalue weighted by Crippen LogP contribution is -2.30. The van der Waals surface area contributed by atoms with E-state index in [9.17, 15) is 0 Å². The van der Waals surface area contributed by atoms with Crippen molar-refractivity contribution in [2.75, 3.05) is 0 Å². The summed E-state index contributed by atoms with van der Waals surface area (Å²) in [6, 6.07) is 0. The van der Waals surface area contributed by atoms with E-state index in [-0.39, 0.29) is 0 Å². The summed E-state index contributed by atoms with van der Waals surface area (Å²) in [5.41, 5.74) is 0. The van der Waals surface area contributed by atoms with Crippen LogP contribution < -0.4 is 0 Å². The van der Waals surface area contributed by atoms with Crippen LogP contribution in [0.4, 0.5) is 0 Å². The Kier molecular flexibility index (Phi) is 7.80. The third-order valence-corrected chi connectivity index (χ3v) is 4.46. The van der Waals surface area contributed by atoms with Crippen molar-refractivity contribution in [3.05, 3.63) is 12.7 Å². The van der Waals surface area contributed by atoms with Gasteiger partial charge in [-0.05, 0) is 36.0 Å². The molecule has 0 saturated heterocycles. The first-order chi connectivity index (χ1) is 7.49. The molecule has 0 saturated carbocycles. The molecule has 0 heteroatoms. The molecule has 96 valence electrons. The minimum absolute atomic E-state index is 0.786. The van der Waals surface area contributed by atoms with Gasteiger partial charge in [0, 0.05) is 0 Å². The molecule has 0 aliphatic carbocycles. The van der Waals surface area contributed by atoms with Crippen molar-refractivity contribution < 1.29 is 0 Å². The van der Waals surface area contributed by atoms with Crippen LogP contribution in [0.3, 0.4) is 0 Å². The molecule has 0 radical (unpaired) electrons. The zero-order valence-corrected chi connectivity index (χ0v) is 12.3. The second kappa shape index (κ2) is 7.92. The van der Waals surface area contributed by atoms with Gasteiger partial charge in [0.1, 0.15) is 0 Å². The molecule has 16 heavy (non-hydrogen) atoms. The van der Waals surface area contributed by atoms with Gasteiger partial charge in [-0.3, -0.25) is 0 Å². The fraction of sp³-hybridized carbons (Fsp3) is 0.875. The molecule has 0 aliphatic heterocycles. The van der Waals surface area contributed by atoms with Crippen LogP contribution in [0.2, 0.25) is 0 Å². The molecule has 0 aromatic carbocycles. The third-order valence-electron chi connectivity index (χ3n) is 4.46. The molecule has 4 unspecified atom stereocenters. The minimum Gasteiger partial charge on any atom is -0.103 e. The lowest BCUT2D eigenvalue weighted by atomic mass is 9.68. The molecular weight excluding hydrogens is 192 g/mol. The molecule has 0 aromatic rings. The summed E-state index contributed by atoms with van der Waals surface area (Å²) in [7, 11) is 0. The highest BCUT2D eigenvalue weighted by Crippen LogP contribution is 2.37. The average molecular weight is 224 g/mol. The Morgan fingerprint density at radius 3 is 1.88 bits per heavy atom. The Morgan fingerprint density at radius 2 is 1.56 bits per heavy atom. The summed E-state index contributed by atoms with van der Waals surface area (Å²) in [6.45, 7) is 18.2. The first-order valence-corrected chi connectivity index (χ1v) is 7.10. The first kappa shape index (κ1) is 15.7. The lowest BCUT2D eigenvalue weighted by Gasteiger charge is -2.37. The van der Waals surface area contributed by atoms with Gasteiger partial charge in [-0.2, -0.15) is 0 Å². The summed E-state index contributed by atoms with van der Waals surface area (Å²) >= 11 is 0. The zero-order chi connectivity index (χ0) is 12.7. The minimum atomic E-state index is 0.786. The maximum Gasteiger partial charge on any atom is -0.0322 e. The average Bonchev–Trinajstić information content (AvgIpc) is 2.26. The van der Waals surface area contributed by atoms with Gasteiger partial charge in [0.05, 0.1) is 0 Å². The van der Waals surface area contributed by atoms with Gasteiger partial charge in [-0.25, -0.2) is 0 Å². The van der Waals surface area contributed by atoms with Crippen molar-refractivity contribution >= 4 is 0 Å². The van der Waals surface area contributed by atoms with Gasteiger partial charge in [-0.15, -0.1) is 6.58 Å². The van der Waals surface area contributed by atoms with Gasteiger partial charge in [0.25, 0.3) is 0 Å². The second-order valence-electron chi connectivity index (χ2n) is 5.76. The van der Waals surface area contributed by atoms with E-state index in [2.05, 4.69) is 54.2 Å². The normalized spacial score (nSPS) is 19.2. The quantitative estimate of drug-likeness (QED) is 0.475. The fourth-order valence-electron chi connectivity index (χ4n) is 3.14. The molecular formula is C16H32. The van der Waals surface area contributed by atoms with Crippen molar-refractivity contribution in [2.24, 2.45) is 29.6 Å². The summed E-state index contributed by atoms with van der Waals surface area (Å²) in [5, 5.41) is 0. The third kappa shape index (κ3) is 4.31. The van der Waals surface area contributed by atoms with E-state index in [4.69, 9.17) is 0 Å². The van der Waals surface area contributed by atoms with Crippen LogP contribution in [-0.2, 0) is 0 Å². The number of allylic oxidation sites excluding steroid dienone is 1. The molecule has 0 aliphatic rings. The highest BCUT2D eigenvalue weighted by molar-refractivity contribution is 4.83. The fourth-order valence-corrected chi connectivity index (χ4v) is 3.14. The van der Waals surface area contributed by atoms with Crippen molar-refractivity contribution in [1.29, 1.82) is 0 Å². The molecule has 0 rings (SSSR count). The predicted molar refractivity (Wildman–Crippen MR) is 75.5 cm³/mol. The van der Waals surface area contributed by atoms with Crippen LogP contribution in [-0.4, -0.2) is 0 Å². The van der Waals surface area contributed by atoms with Crippen LogP contribution >= 0.6 is 0 Å².